The number of carbonyl (C=O) groups is 1. The van der Waals surface area contributed by atoms with Crippen molar-refractivity contribution < 1.29 is 4.79 Å². The molecule has 0 aromatic carbocycles. The summed E-state index contributed by atoms with van der Waals surface area (Å²) in [5.74, 6) is 0.557. The topological polar surface area (TPSA) is 17.1 Å². The van der Waals surface area contributed by atoms with Crippen LogP contribution in [0.2, 0.25) is 0 Å². The summed E-state index contributed by atoms with van der Waals surface area (Å²) in [7, 11) is 0. The lowest BCUT2D eigenvalue weighted by molar-refractivity contribution is -0.104. The van der Waals surface area contributed by atoms with Crippen molar-refractivity contribution in [3.63, 3.8) is 0 Å². The number of carbonyl (C=O) groups excluding carboxylic acids is 1. The van der Waals surface area contributed by atoms with Crippen LogP contribution >= 0.6 is 0 Å². The van der Waals surface area contributed by atoms with Crippen LogP contribution in [-0.4, -0.2) is 6.29 Å². The first kappa shape index (κ1) is 11.4. The first-order chi connectivity index (χ1) is 5.70. The van der Waals surface area contributed by atoms with E-state index in [0.29, 0.717) is 5.92 Å². The summed E-state index contributed by atoms with van der Waals surface area (Å²) in [6.07, 6.45) is 8.04. The van der Waals surface area contributed by atoms with Crippen LogP contribution in [0.25, 0.3) is 0 Å². The van der Waals surface area contributed by atoms with Crippen LogP contribution in [0.1, 0.15) is 46.5 Å². The molecule has 0 heterocycles. The molecule has 1 heteroatoms. The molecular weight excluding hydrogens is 148 g/mol. The Labute approximate surface area is 75.9 Å². The summed E-state index contributed by atoms with van der Waals surface area (Å²) in [6, 6.07) is 0. The molecule has 0 saturated heterocycles. The van der Waals surface area contributed by atoms with Crippen molar-refractivity contribution in [3.05, 3.63) is 11.6 Å². The predicted octanol–water partition coefficient (Wildman–Crippen LogP) is 3.35. The lowest BCUT2D eigenvalue weighted by Crippen LogP contribution is -1.91. The second kappa shape index (κ2) is 7.08. The number of allylic oxidation sites excluding steroid dienone is 2. The van der Waals surface area contributed by atoms with E-state index in [1.54, 1.807) is 0 Å². The van der Waals surface area contributed by atoms with Gasteiger partial charge in [-0.1, -0.05) is 39.2 Å². The van der Waals surface area contributed by atoms with Crippen molar-refractivity contribution >= 4 is 6.29 Å². The van der Waals surface area contributed by atoms with Crippen molar-refractivity contribution in [2.75, 3.05) is 0 Å². The number of hydrogen-bond acceptors (Lipinski definition) is 1. The molecule has 0 aliphatic carbocycles. The predicted molar refractivity (Wildman–Crippen MR) is 53.1 cm³/mol. The summed E-state index contributed by atoms with van der Waals surface area (Å²) in [5, 5.41) is 0. The SMILES string of the molecule is CCCCCC(C)/C=C(\C)C=O. The van der Waals surface area contributed by atoms with Crippen LogP contribution in [0.5, 0.6) is 0 Å². The summed E-state index contributed by atoms with van der Waals surface area (Å²) < 4.78 is 0. The zero-order valence-corrected chi connectivity index (χ0v) is 8.47. The van der Waals surface area contributed by atoms with Crippen molar-refractivity contribution in [2.24, 2.45) is 5.92 Å². The Morgan fingerprint density at radius 1 is 1.42 bits per heavy atom. The zero-order chi connectivity index (χ0) is 9.40. The van der Waals surface area contributed by atoms with E-state index in [1.807, 2.05) is 6.92 Å². The van der Waals surface area contributed by atoms with Crippen LogP contribution in [-0.2, 0) is 4.79 Å². The van der Waals surface area contributed by atoms with Crippen LogP contribution < -0.4 is 0 Å². The first-order valence-corrected chi connectivity index (χ1v) is 4.84. The van der Waals surface area contributed by atoms with Gasteiger partial charge in [-0.3, -0.25) is 4.79 Å². The smallest absolute Gasteiger partial charge is 0.145 e. The highest BCUT2D eigenvalue weighted by Crippen LogP contribution is 2.11. The Hall–Kier alpha value is -0.590. The number of unbranched alkanes of at least 4 members (excludes halogenated alkanes) is 2. The van der Waals surface area contributed by atoms with E-state index < -0.39 is 0 Å². The molecule has 0 spiro atoms. The van der Waals surface area contributed by atoms with Gasteiger partial charge in [0.25, 0.3) is 0 Å². The second-order valence-corrected chi connectivity index (χ2v) is 3.50. The average Bonchev–Trinajstić information content (AvgIpc) is 2.05. The van der Waals surface area contributed by atoms with Crippen molar-refractivity contribution in [2.45, 2.75) is 46.5 Å². The molecular formula is C11H20O. The highest BCUT2D eigenvalue weighted by atomic mass is 16.1. The quantitative estimate of drug-likeness (QED) is 0.338. The van der Waals surface area contributed by atoms with Gasteiger partial charge in [-0.15, -0.1) is 0 Å². The van der Waals surface area contributed by atoms with Gasteiger partial charge in [0, 0.05) is 0 Å². The Morgan fingerprint density at radius 3 is 2.58 bits per heavy atom. The molecule has 12 heavy (non-hydrogen) atoms. The molecule has 0 radical (unpaired) electrons. The number of aldehydes is 1. The van der Waals surface area contributed by atoms with Crippen LogP contribution in [0.15, 0.2) is 11.6 Å². The summed E-state index contributed by atoms with van der Waals surface area (Å²) >= 11 is 0. The van der Waals surface area contributed by atoms with Crippen LogP contribution in [0.4, 0.5) is 0 Å². The molecule has 0 aliphatic rings. The molecule has 0 saturated carbocycles. The summed E-state index contributed by atoms with van der Waals surface area (Å²) in [4.78, 5) is 10.3. The summed E-state index contributed by atoms with van der Waals surface area (Å²) in [6.45, 7) is 6.24. The molecule has 0 aliphatic heterocycles. The van der Waals surface area contributed by atoms with Gasteiger partial charge in [0.15, 0.2) is 0 Å². The summed E-state index contributed by atoms with van der Waals surface area (Å²) in [5.41, 5.74) is 0.860. The van der Waals surface area contributed by atoms with E-state index in [4.69, 9.17) is 0 Å². The van der Waals surface area contributed by atoms with Gasteiger partial charge in [-0.25, -0.2) is 0 Å². The molecule has 0 amide bonds. The van der Waals surface area contributed by atoms with Gasteiger partial charge in [-0.2, -0.15) is 0 Å². The molecule has 1 nitrogen and oxygen atoms in total. The molecule has 0 N–H and O–H groups in total. The van der Waals surface area contributed by atoms with Gasteiger partial charge in [0.2, 0.25) is 0 Å². The average molecular weight is 168 g/mol. The lowest BCUT2D eigenvalue weighted by atomic mass is 10.0. The Bertz CT molecular complexity index is 147. The van der Waals surface area contributed by atoms with E-state index in [1.165, 1.54) is 25.7 Å². The van der Waals surface area contributed by atoms with Gasteiger partial charge in [0.05, 0.1) is 0 Å². The minimum atomic E-state index is 0.557. The van der Waals surface area contributed by atoms with Gasteiger partial charge >= 0.3 is 0 Å². The Kier molecular flexibility index (Phi) is 6.73. The largest absolute Gasteiger partial charge is 0.298 e. The van der Waals surface area contributed by atoms with Gasteiger partial charge in [-0.05, 0) is 24.8 Å². The fourth-order valence-corrected chi connectivity index (χ4v) is 1.29. The van der Waals surface area contributed by atoms with Gasteiger partial charge in [0.1, 0.15) is 6.29 Å². The van der Waals surface area contributed by atoms with Crippen molar-refractivity contribution in [1.82, 2.24) is 0 Å². The maximum Gasteiger partial charge on any atom is 0.145 e. The maximum absolute atomic E-state index is 10.3. The Balaban J connectivity index is 3.58. The van der Waals surface area contributed by atoms with E-state index in [0.717, 1.165) is 11.9 Å². The van der Waals surface area contributed by atoms with Crippen LogP contribution in [0.3, 0.4) is 0 Å². The van der Waals surface area contributed by atoms with Crippen LogP contribution in [0, 0.1) is 5.92 Å². The third-order valence-electron chi connectivity index (χ3n) is 2.00. The molecule has 1 atom stereocenters. The van der Waals surface area contributed by atoms with E-state index >= 15 is 0 Å². The zero-order valence-electron chi connectivity index (χ0n) is 8.47. The van der Waals surface area contributed by atoms with E-state index in [-0.39, 0.29) is 0 Å². The molecule has 0 aromatic rings. The molecule has 1 unspecified atom stereocenters. The van der Waals surface area contributed by atoms with Crippen molar-refractivity contribution in [1.29, 1.82) is 0 Å². The minimum Gasteiger partial charge on any atom is -0.298 e. The maximum atomic E-state index is 10.3. The van der Waals surface area contributed by atoms with Crippen molar-refractivity contribution in [3.8, 4) is 0 Å². The standard InChI is InChI=1S/C11H20O/c1-4-5-6-7-10(2)8-11(3)9-12/h8-10H,4-7H2,1-3H3/b11-8+. The number of rotatable bonds is 6. The minimum absolute atomic E-state index is 0.557. The number of hydrogen-bond donors (Lipinski definition) is 0. The fraction of sp³-hybridized carbons (Fsp3) is 0.727. The highest BCUT2D eigenvalue weighted by molar-refractivity contribution is 5.72. The molecule has 0 aromatic heterocycles. The van der Waals surface area contributed by atoms with E-state index in [9.17, 15) is 4.79 Å². The third-order valence-corrected chi connectivity index (χ3v) is 2.00. The molecule has 70 valence electrons. The van der Waals surface area contributed by atoms with E-state index in [2.05, 4.69) is 19.9 Å². The second-order valence-electron chi connectivity index (χ2n) is 3.50. The third kappa shape index (κ3) is 6.14. The fourth-order valence-electron chi connectivity index (χ4n) is 1.29. The molecule has 0 rings (SSSR count). The normalized spacial score (nSPS) is 14.4. The molecule has 0 bridgehead atoms. The first-order valence-electron chi connectivity index (χ1n) is 4.84. The highest BCUT2D eigenvalue weighted by Gasteiger charge is 1.97. The van der Waals surface area contributed by atoms with Gasteiger partial charge < -0.3 is 0 Å². The Morgan fingerprint density at radius 2 is 2.08 bits per heavy atom. The monoisotopic (exact) mass is 168 g/mol. The molecule has 0 fully saturated rings. The lowest BCUT2D eigenvalue weighted by Gasteiger charge is -2.05.